The molecule has 1 aliphatic carbocycles. The fraction of sp³-hybridized carbons (Fsp3) is 0.364. The highest BCUT2D eigenvalue weighted by molar-refractivity contribution is 5.79. The van der Waals surface area contributed by atoms with Gasteiger partial charge in [-0.05, 0) is 19.4 Å². The first-order valence-electron chi connectivity index (χ1n) is 4.89. The highest BCUT2D eigenvalue weighted by Crippen LogP contribution is 2.12. The van der Waals surface area contributed by atoms with E-state index in [0.29, 0.717) is 24.2 Å². The number of carbonyl (C=O) groups excluding carboxylic acids is 1. The molecule has 0 fully saturated rings. The minimum atomic E-state index is -0.624. The first-order valence-corrected chi connectivity index (χ1v) is 4.89. The van der Waals surface area contributed by atoms with E-state index in [0.717, 1.165) is 0 Å². The summed E-state index contributed by atoms with van der Waals surface area (Å²) in [7, 11) is 0. The molecule has 1 amide bonds. The van der Waals surface area contributed by atoms with E-state index in [2.05, 4.69) is 5.32 Å². The van der Waals surface area contributed by atoms with Crippen LogP contribution in [0.5, 0.6) is 0 Å². The van der Waals surface area contributed by atoms with Gasteiger partial charge in [0.2, 0.25) is 5.91 Å². The molecular weight excluding hydrogens is 192 g/mol. The lowest BCUT2D eigenvalue weighted by molar-refractivity contribution is -0.119. The number of aliphatic hydroxyl groups excluding tert-OH is 1. The molecule has 0 saturated carbocycles. The number of carbonyl (C=O) groups is 1. The minimum absolute atomic E-state index is 0.0835. The van der Waals surface area contributed by atoms with Crippen LogP contribution in [0.1, 0.15) is 19.8 Å². The average molecular weight is 208 g/mol. The fourth-order valence-corrected chi connectivity index (χ4v) is 1.23. The number of nitrogens with one attached hydrogen (secondary N) is 1. The molecule has 0 saturated heterocycles. The van der Waals surface area contributed by atoms with Crippen LogP contribution in [0.2, 0.25) is 0 Å². The number of allylic oxidation sites excluding steroid dienone is 2. The molecule has 4 nitrogen and oxygen atoms in total. The maximum absolute atomic E-state index is 11.3. The first-order chi connectivity index (χ1) is 7.13. The predicted molar refractivity (Wildman–Crippen MR) is 58.6 cm³/mol. The molecule has 0 aliphatic heterocycles. The van der Waals surface area contributed by atoms with E-state index >= 15 is 0 Å². The Morgan fingerprint density at radius 2 is 2.53 bits per heavy atom. The third-order valence-corrected chi connectivity index (χ3v) is 2.09. The number of amides is 1. The van der Waals surface area contributed by atoms with E-state index < -0.39 is 6.10 Å². The molecule has 0 heterocycles. The van der Waals surface area contributed by atoms with Crippen molar-refractivity contribution < 1.29 is 9.90 Å². The van der Waals surface area contributed by atoms with Crippen molar-refractivity contribution in [3.05, 3.63) is 35.7 Å². The molecule has 1 aliphatic rings. The van der Waals surface area contributed by atoms with Crippen LogP contribution in [0.3, 0.4) is 0 Å². The van der Waals surface area contributed by atoms with E-state index in [1.165, 1.54) is 0 Å². The van der Waals surface area contributed by atoms with Crippen LogP contribution in [-0.2, 0) is 4.79 Å². The van der Waals surface area contributed by atoms with Gasteiger partial charge in [-0.2, -0.15) is 0 Å². The zero-order valence-corrected chi connectivity index (χ0v) is 8.73. The van der Waals surface area contributed by atoms with E-state index in [1.54, 1.807) is 18.2 Å². The van der Waals surface area contributed by atoms with Crippen molar-refractivity contribution in [3.8, 4) is 0 Å². The van der Waals surface area contributed by atoms with Gasteiger partial charge < -0.3 is 16.2 Å². The SMILES string of the molecule is C/C=C/CC(=O)NC1=CCC(O)C(N)=C1. The van der Waals surface area contributed by atoms with Crippen molar-refractivity contribution in [1.29, 1.82) is 0 Å². The van der Waals surface area contributed by atoms with Crippen LogP contribution in [0.15, 0.2) is 35.7 Å². The van der Waals surface area contributed by atoms with Gasteiger partial charge in [-0.1, -0.05) is 18.2 Å². The molecule has 4 N–H and O–H groups in total. The molecule has 1 atom stereocenters. The Balaban J connectivity index is 2.50. The van der Waals surface area contributed by atoms with Crippen LogP contribution in [-0.4, -0.2) is 17.1 Å². The summed E-state index contributed by atoms with van der Waals surface area (Å²) < 4.78 is 0. The minimum Gasteiger partial charge on any atom is -0.400 e. The summed E-state index contributed by atoms with van der Waals surface area (Å²) in [5, 5.41) is 12.0. The van der Waals surface area contributed by atoms with Crippen LogP contribution in [0, 0.1) is 0 Å². The van der Waals surface area contributed by atoms with Crippen molar-refractivity contribution in [2.75, 3.05) is 0 Å². The fourth-order valence-electron chi connectivity index (χ4n) is 1.23. The first kappa shape index (κ1) is 11.5. The Morgan fingerprint density at radius 3 is 3.13 bits per heavy atom. The largest absolute Gasteiger partial charge is 0.400 e. The summed E-state index contributed by atoms with van der Waals surface area (Å²) in [6.45, 7) is 1.86. The van der Waals surface area contributed by atoms with Crippen LogP contribution >= 0.6 is 0 Å². The second kappa shape index (κ2) is 5.36. The summed E-state index contributed by atoms with van der Waals surface area (Å²) in [5.74, 6) is -0.0835. The lowest BCUT2D eigenvalue weighted by atomic mass is 10.1. The van der Waals surface area contributed by atoms with Crippen molar-refractivity contribution >= 4 is 5.91 Å². The van der Waals surface area contributed by atoms with E-state index in [9.17, 15) is 9.90 Å². The Kier molecular flexibility index (Phi) is 4.12. The van der Waals surface area contributed by atoms with Crippen LogP contribution in [0.25, 0.3) is 0 Å². The predicted octanol–water partition coefficient (Wildman–Crippen LogP) is 0.560. The standard InChI is InChI=1S/C11H16N2O2/c1-2-3-4-11(15)13-8-5-6-10(14)9(12)7-8/h2-3,5,7,10,14H,4,6,12H2,1H3,(H,13,15)/b3-2+. The highest BCUT2D eigenvalue weighted by Gasteiger charge is 2.12. The molecular formula is C11H16N2O2. The molecule has 4 heteroatoms. The molecule has 15 heavy (non-hydrogen) atoms. The molecule has 0 aromatic carbocycles. The molecule has 82 valence electrons. The summed E-state index contributed by atoms with van der Waals surface area (Å²) in [4.78, 5) is 11.3. The maximum Gasteiger partial charge on any atom is 0.228 e. The molecule has 0 radical (unpaired) electrons. The summed E-state index contributed by atoms with van der Waals surface area (Å²) in [6, 6.07) is 0. The molecule has 0 spiro atoms. The molecule has 0 aromatic rings. The topological polar surface area (TPSA) is 75.3 Å². The van der Waals surface area contributed by atoms with Crippen molar-refractivity contribution in [2.45, 2.75) is 25.9 Å². The number of nitrogens with two attached hydrogens (primary N) is 1. The Labute approximate surface area is 89.2 Å². The molecule has 0 aromatic heterocycles. The Morgan fingerprint density at radius 1 is 1.80 bits per heavy atom. The van der Waals surface area contributed by atoms with Gasteiger partial charge in [-0.15, -0.1) is 0 Å². The molecule has 1 rings (SSSR count). The van der Waals surface area contributed by atoms with Gasteiger partial charge in [0.15, 0.2) is 0 Å². The lowest BCUT2D eigenvalue weighted by Gasteiger charge is -2.16. The monoisotopic (exact) mass is 208 g/mol. The number of aliphatic hydroxyl groups is 1. The summed E-state index contributed by atoms with van der Waals surface area (Å²) >= 11 is 0. The van der Waals surface area contributed by atoms with Gasteiger partial charge in [0, 0.05) is 17.8 Å². The second-order valence-electron chi connectivity index (χ2n) is 3.38. The van der Waals surface area contributed by atoms with E-state index in [1.807, 2.05) is 13.0 Å². The number of hydrogen-bond acceptors (Lipinski definition) is 3. The maximum atomic E-state index is 11.3. The highest BCUT2D eigenvalue weighted by atomic mass is 16.3. The van der Waals surface area contributed by atoms with Gasteiger partial charge in [0.05, 0.1) is 6.10 Å². The van der Waals surface area contributed by atoms with Crippen molar-refractivity contribution in [2.24, 2.45) is 5.73 Å². The number of rotatable bonds is 3. The van der Waals surface area contributed by atoms with Gasteiger partial charge in [-0.25, -0.2) is 0 Å². The zero-order valence-electron chi connectivity index (χ0n) is 8.73. The van der Waals surface area contributed by atoms with Crippen LogP contribution in [0.4, 0.5) is 0 Å². The third kappa shape index (κ3) is 3.59. The Hall–Kier alpha value is -1.55. The smallest absolute Gasteiger partial charge is 0.228 e. The quantitative estimate of drug-likeness (QED) is 0.593. The van der Waals surface area contributed by atoms with Gasteiger partial charge in [0.1, 0.15) is 0 Å². The lowest BCUT2D eigenvalue weighted by Crippen LogP contribution is -2.26. The third-order valence-electron chi connectivity index (χ3n) is 2.09. The summed E-state index contributed by atoms with van der Waals surface area (Å²) in [5.41, 5.74) is 6.60. The summed E-state index contributed by atoms with van der Waals surface area (Å²) in [6.07, 6.45) is 7.12. The van der Waals surface area contributed by atoms with Gasteiger partial charge in [0.25, 0.3) is 0 Å². The average Bonchev–Trinajstić information content (AvgIpc) is 2.20. The van der Waals surface area contributed by atoms with E-state index in [-0.39, 0.29) is 5.91 Å². The Bertz CT molecular complexity index is 329. The normalized spacial score (nSPS) is 21.1. The van der Waals surface area contributed by atoms with Crippen molar-refractivity contribution in [1.82, 2.24) is 5.32 Å². The van der Waals surface area contributed by atoms with Crippen LogP contribution < -0.4 is 11.1 Å². The van der Waals surface area contributed by atoms with Gasteiger partial charge in [-0.3, -0.25) is 4.79 Å². The van der Waals surface area contributed by atoms with Crippen molar-refractivity contribution in [3.63, 3.8) is 0 Å². The van der Waals surface area contributed by atoms with E-state index in [4.69, 9.17) is 5.73 Å². The number of hydrogen-bond donors (Lipinski definition) is 3. The molecule has 1 unspecified atom stereocenters. The zero-order chi connectivity index (χ0) is 11.3. The van der Waals surface area contributed by atoms with Gasteiger partial charge >= 0.3 is 0 Å². The second-order valence-corrected chi connectivity index (χ2v) is 3.38. The molecule has 0 bridgehead atoms.